The summed E-state index contributed by atoms with van der Waals surface area (Å²) in [6.07, 6.45) is 9.07. The second kappa shape index (κ2) is 9.33. The lowest BCUT2D eigenvalue weighted by Gasteiger charge is -2.39. The maximum Gasteiger partial charge on any atom is 0.307 e. The number of carboxylic acid groups (broad SMARTS) is 1. The van der Waals surface area contributed by atoms with Gasteiger partial charge in [0.25, 0.3) is 0 Å². The van der Waals surface area contributed by atoms with Gasteiger partial charge in [0.1, 0.15) is 0 Å². The summed E-state index contributed by atoms with van der Waals surface area (Å²) in [4.78, 5) is 14.6. The summed E-state index contributed by atoms with van der Waals surface area (Å²) >= 11 is 0. The molecule has 0 bridgehead atoms. The number of benzene rings is 2. The number of carboxylic acids is 1. The Morgan fingerprint density at radius 2 is 1.79 bits per heavy atom. The van der Waals surface area contributed by atoms with Crippen molar-refractivity contribution in [2.45, 2.75) is 91.1 Å². The first-order valence-corrected chi connectivity index (χ1v) is 12.9. The largest absolute Gasteiger partial charge is 0.490 e. The minimum atomic E-state index is -0.845. The molecule has 2 aromatic carbocycles. The Morgan fingerprint density at radius 3 is 2.53 bits per heavy atom. The Balaban J connectivity index is 1.67. The molecule has 2 heterocycles. The van der Waals surface area contributed by atoms with Gasteiger partial charge in [-0.1, -0.05) is 19.3 Å². The van der Waals surface area contributed by atoms with Crippen LogP contribution >= 0.6 is 0 Å². The molecule has 5 heteroatoms. The third-order valence-electron chi connectivity index (χ3n) is 8.53. The van der Waals surface area contributed by atoms with E-state index in [1.807, 2.05) is 6.92 Å². The Hall–Kier alpha value is -2.40. The summed E-state index contributed by atoms with van der Waals surface area (Å²) < 4.78 is 20.9. The number of hydrogen-bond donors (Lipinski definition) is 1. The van der Waals surface area contributed by atoms with Crippen LogP contribution in [0.15, 0.2) is 6.07 Å². The van der Waals surface area contributed by atoms with E-state index in [1.54, 1.807) is 6.07 Å². The molecule has 0 saturated heterocycles. The topological polar surface area (TPSA) is 49.8 Å². The Bertz CT molecular complexity index is 1130. The summed E-state index contributed by atoms with van der Waals surface area (Å²) in [5.41, 5.74) is 9.38. The van der Waals surface area contributed by atoms with Gasteiger partial charge in [-0.2, -0.15) is 0 Å². The Morgan fingerprint density at radius 1 is 1.03 bits per heavy atom. The van der Waals surface area contributed by atoms with Crippen molar-refractivity contribution in [1.82, 2.24) is 4.90 Å². The van der Waals surface area contributed by atoms with Crippen LogP contribution in [0.1, 0.15) is 77.5 Å². The fourth-order valence-electron chi connectivity index (χ4n) is 6.70. The van der Waals surface area contributed by atoms with Gasteiger partial charge in [0, 0.05) is 24.7 Å². The smallest absolute Gasteiger partial charge is 0.307 e. The van der Waals surface area contributed by atoms with E-state index in [9.17, 15) is 9.90 Å². The van der Waals surface area contributed by atoms with Crippen LogP contribution in [0.2, 0.25) is 0 Å². The predicted octanol–water partition coefficient (Wildman–Crippen LogP) is 6.06. The lowest BCUT2D eigenvalue weighted by molar-refractivity contribution is -0.136. The lowest BCUT2D eigenvalue weighted by Crippen LogP contribution is -2.41. The molecule has 0 aromatic heterocycles. The van der Waals surface area contributed by atoms with Gasteiger partial charge in [0.15, 0.2) is 11.6 Å². The second-order valence-electron chi connectivity index (χ2n) is 10.4. The maximum atomic E-state index is 15.2. The molecule has 5 rings (SSSR count). The number of halogens is 1. The molecule has 0 unspecified atom stereocenters. The van der Waals surface area contributed by atoms with Crippen molar-refractivity contribution in [1.29, 1.82) is 0 Å². The third kappa shape index (κ3) is 4.02. The predicted molar refractivity (Wildman–Crippen MR) is 132 cm³/mol. The molecule has 0 spiro atoms. The number of nitrogens with zero attached hydrogens (tertiary/aromatic N) is 1. The van der Waals surface area contributed by atoms with Gasteiger partial charge in [-0.05, 0) is 103 Å². The van der Waals surface area contributed by atoms with Gasteiger partial charge in [-0.25, -0.2) is 4.39 Å². The minimum Gasteiger partial charge on any atom is -0.490 e. The third-order valence-corrected chi connectivity index (χ3v) is 8.53. The minimum absolute atomic E-state index is 0.0454. The van der Waals surface area contributed by atoms with Crippen molar-refractivity contribution >= 4 is 5.97 Å². The fourth-order valence-corrected chi connectivity index (χ4v) is 6.70. The average molecular weight is 466 g/mol. The molecule has 0 amide bonds. The zero-order chi connectivity index (χ0) is 24.0. The Kier molecular flexibility index (Phi) is 6.41. The van der Waals surface area contributed by atoms with Crippen molar-refractivity contribution in [3.05, 3.63) is 50.8 Å². The summed E-state index contributed by atoms with van der Waals surface area (Å²) in [6, 6.07) is 2.23. The van der Waals surface area contributed by atoms with Gasteiger partial charge >= 0.3 is 5.97 Å². The van der Waals surface area contributed by atoms with Crippen LogP contribution in [0.4, 0.5) is 4.39 Å². The number of ether oxygens (including phenoxy) is 1. The van der Waals surface area contributed by atoms with Crippen LogP contribution in [0.5, 0.6) is 5.75 Å². The van der Waals surface area contributed by atoms with E-state index < -0.39 is 5.97 Å². The fraction of sp³-hybridized carbons (Fsp3) is 0.552. The van der Waals surface area contributed by atoms with Crippen LogP contribution < -0.4 is 4.74 Å². The Labute approximate surface area is 202 Å². The zero-order valence-corrected chi connectivity index (χ0v) is 20.7. The van der Waals surface area contributed by atoms with Crippen molar-refractivity contribution < 1.29 is 19.0 Å². The molecule has 4 nitrogen and oxygen atoms in total. The molecule has 34 heavy (non-hydrogen) atoms. The van der Waals surface area contributed by atoms with E-state index in [4.69, 9.17) is 4.74 Å². The number of aliphatic carboxylic acids is 1. The monoisotopic (exact) mass is 465 g/mol. The molecule has 1 saturated carbocycles. The first kappa shape index (κ1) is 23.3. The van der Waals surface area contributed by atoms with Gasteiger partial charge in [0.2, 0.25) is 0 Å². The first-order chi connectivity index (χ1) is 16.4. The van der Waals surface area contributed by atoms with E-state index in [1.165, 1.54) is 43.2 Å². The maximum absolute atomic E-state index is 15.2. The highest BCUT2D eigenvalue weighted by molar-refractivity contribution is 5.83. The lowest BCUT2D eigenvalue weighted by atomic mass is 9.79. The molecule has 0 radical (unpaired) electrons. The molecule has 182 valence electrons. The SMILES string of the molecule is Cc1c(-c2c(C)c3c(c(C)c2CC(=O)O)CCN(C2CCCCC2)C3)cc(F)c2c1CCCO2. The highest BCUT2D eigenvalue weighted by atomic mass is 19.1. The van der Waals surface area contributed by atoms with E-state index in [0.717, 1.165) is 71.3 Å². The molecular formula is C29H36FNO3. The van der Waals surface area contributed by atoms with Crippen LogP contribution in [-0.2, 0) is 30.6 Å². The summed E-state index contributed by atoms with van der Waals surface area (Å²) in [5, 5.41) is 9.78. The molecule has 1 N–H and O–H groups in total. The highest BCUT2D eigenvalue weighted by Crippen LogP contribution is 2.43. The van der Waals surface area contributed by atoms with E-state index >= 15 is 4.39 Å². The van der Waals surface area contributed by atoms with E-state index in [-0.39, 0.29) is 12.2 Å². The number of carbonyl (C=O) groups is 1. The van der Waals surface area contributed by atoms with E-state index in [2.05, 4.69) is 18.7 Å². The summed E-state index contributed by atoms with van der Waals surface area (Å²) in [7, 11) is 0. The zero-order valence-electron chi connectivity index (χ0n) is 20.7. The van der Waals surface area contributed by atoms with Gasteiger partial charge in [0.05, 0.1) is 13.0 Å². The van der Waals surface area contributed by atoms with Crippen molar-refractivity contribution in [2.24, 2.45) is 0 Å². The van der Waals surface area contributed by atoms with Crippen LogP contribution in [0, 0.1) is 26.6 Å². The van der Waals surface area contributed by atoms with Crippen molar-refractivity contribution in [3.8, 4) is 16.9 Å². The van der Waals surface area contributed by atoms with Gasteiger partial charge in [-0.15, -0.1) is 0 Å². The molecule has 0 atom stereocenters. The molecular weight excluding hydrogens is 429 g/mol. The molecule has 1 fully saturated rings. The quantitative estimate of drug-likeness (QED) is 0.596. The van der Waals surface area contributed by atoms with Gasteiger partial charge < -0.3 is 9.84 Å². The number of fused-ring (bicyclic) bond motifs is 2. The summed E-state index contributed by atoms with van der Waals surface area (Å²) in [5.74, 6) is -0.805. The van der Waals surface area contributed by atoms with Crippen molar-refractivity contribution in [3.63, 3.8) is 0 Å². The van der Waals surface area contributed by atoms with Crippen molar-refractivity contribution in [2.75, 3.05) is 13.2 Å². The summed E-state index contributed by atoms with van der Waals surface area (Å²) in [6.45, 7) is 8.72. The molecule has 3 aliphatic rings. The highest BCUT2D eigenvalue weighted by Gasteiger charge is 2.31. The van der Waals surface area contributed by atoms with E-state index in [0.29, 0.717) is 18.4 Å². The molecule has 2 aliphatic heterocycles. The second-order valence-corrected chi connectivity index (χ2v) is 10.4. The van der Waals surface area contributed by atoms with Crippen LogP contribution in [-0.4, -0.2) is 35.2 Å². The van der Waals surface area contributed by atoms with Crippen LogP contribution in [0.3, 0.4) is 0 Å². The number of rotatable bonds is 4. The normalized spacial score (nSPS) is 18.8. The van der Waals surface area contributed by atoms with Gasteiger partial charge in [-0.3, -0.25) is 9.69 Å². The number of hydrogen-bond acceptors (Lipinski definition) is 3. The van der Waals surface area contributed by atoms with Crippen LogP contribution in [0.25, 0.3) is 11.1 Å². The standard InChI is InChI=1S/C29H36FNO3/c1-17-21-11-12-31(20-8-5-4-6-9-20)16-25(21)19(3)28(24(17)15-27(32)33)23-14-26(30)29-22(18(23)2)10-7-13-34-29/h14,20H,4-13,15-16H2,1-3H3,(H,32,33). The molecule has 1 aliphatic carbocycles. The first-order valence-electron chi connectivity index (χ1n) is 12.9. The molecule has 2 aromatic rings. The average Bonchev–Trinajstić information content (AvgIpc) is 2.85.